The van der Waals surface area contributed by atoms with Crippen molar-refractivity contribution in [1.82, 2.24) is 0 Å². The molecule has 0 bridgehead atoms. The predicted molar refractivity (Wildman–Crippen MR) is 58.7 cm³/mol. The molecule has 0 aliphatic rings. The average Bonchev–Trinajstić information content (AvgIpc) is 2.25. The largest absolute Gasteiger partial charge is 0.326 e. The zero-order valence-electron chi connectivity index (χ0n) is 8.20. The molecule has 3 atom stereocenters. The van der Waals surface area contributed by atoms with E-state index in [0.29, 0.717) is 5.56 Å². The summed E-state index contributed by atoms with van der Waals surface area (Å²) in [4.78, 5) is 17.2. The highest BCUT2D eigenvalue weighted by Crippen LogP contribution is 2.31. The normalized spacial score (nSPS) is 16.6. The van der Waals surface area contributed by atoms with Gasteiger partial charge in [0.1, 0.15) is 6.10 Å². The molecule has 0 aliphatic carbocycles. The predicted octanol–water partition coefficient (Wildman–Crippen LogP) is 1.52. The third-order valence-electron chi connectivity index (χ3n) is 1.77. The van der Waals surface area contributed by atoms with E-state index in [0.717, 1.165) is 0 Å². The minimum Gasteiger partial charge on any atom is -0.326 e. The summed E-state index contributed by atoms with van der Waals surface area (Å²) in [5.74, 6) is 0. The molecule has 0 spiro atoms. The van der Waals surface area contributed by atoms with Gasteiger partial charge in [0.2, 0.25) is 0 Å². The molecule has 1 aromatic carbocycles. The standard InChI is InChI=1S/C8H12O6P2/c9-15(10)13-6-8(14-16(11)12)7-4-2-1-3-5-7/h1-5,8,15-16H,6H2,(H,9,10)(H,11,12). The van der Waals surface area contributed by atoms with E-state index in [-0.39, 0.29) is 6.61 Å². The van der Waals surface area contributed by atoms with Crippen molar-refractivity contribution in [2.45, 2.75) is 6.10 Å². The third kappa shape index (κ3) is 5.03. The molecule has 0 fully saturated rings. The van der Waals surface area contributed by atoms with Gasteiger partial charge in [-0.2, -0.15) is 0 Å². The molecule has 0 amide bonds. The van der Waals surface area contributed by atoms with E-state index < -0.39 is 22.6 Å². The summed E-state index contributed by atoms with van der Waals surface area (Å²) in [7, 11) is -6.20. The van der Waals surface area contributed by atoms with Crippen LogP contribution in [0.25, 0.3) is 0 Å². The summed E-state index contributed by atoms with van der Waals surface area (Å²) in [6.45, 7) is -0.241. The van der Waals surface area contributed by atoms with Crippen LogP contribution in [-0.4, -0.2) is 16.4 Å². The van der Waals surface area contributed by atoms with E-state index in [1.165, 1.54) is 0 Å². The Labute approximate surface area is 93.7 Å². The van der Waals surface area contributed by atoms with Gasteiger partial charge in [-0.15, -0.1) is 0 Å². The minimum absolute atomic E-state index is 0.241. The van der Waals surface area contributed by atoms with Crippen molar-refractivity contribution in [2.24, 2.45) is 0 Å². The van der Waals surface area contributed by atoms with Gasteiger partial charge < -0.3 is 18.8 Å². The van der Waals surface area contributed by atoms with Gasteiger partial charge >= 0.3 is 16.5 Å². The number of hydrogen-bond donors (Lipinski definition) is 2. The van der Waals surface area contributed by atoms with E-state index in [1.54, 1.807) is 30.3 Å². The van der Waals surface area contributed by atoms with Crippen LogP contribution in [0.15, 0.2) is 30.3 Å². The summed E-state index contributed by atoms with van der Waals surface area (Å²) in [6.07, 6.45) is -0.821. The lowest BCUT2D eigenvalue weighted by Gasteiger charge is -2.15. The Morgan fingerprint density at radius 1 is 1.12 bits per heavy atom. The van der Waals surface area contributed by atoms with Gasteiger partial charge in [0.15, 0.2) is 0 Å². The molecule has 0 aliphatic heterocycles. The summed E-state index contributed by atoms with van der Waals surface area (Å²) in [5, 5.41) is 0. The van der Waals surface area contributed by atoms with Gasteiger partial charge in [-0.05, 0) is 5.56 Å². The minimum atomic E-state index is -3.13. The lowest BCUT2D eigenvalue weighted by atomic mass is 10.1. The number of hydrogen-bond acceptors (Lipinski definition) is 4. The molecular formula is C8H12O6P2. The molecule has 90 valence electrons. The van der Waals surface area contributed by atoms with Crippen molar-refractivity contribution in [3.63, 3.8) is 0 Å². The zero-order chi connectivity index (χ0) is 12.0. The molecule has 16 heavy (non-hydrogen) atoms. The Morgan fingerprint density at radius 2 is 1.75 bits per heavy atom. The fourth-order valence-corrected chi connectivity index (χ4v) is 1.88. The van der Waals surface area contributed by atoms with Gasteiger partial charge in [-0.3, -0.25) is 9.13 Å². The maximum absolute atomic E-state index is 10.6. The lowest BCUT2D eigenvalue weighted by Crippen LogP contribution is -2.06. The van der Waals surface area contributed by atoms with E-state index in [2.05, 4.69) is 4.52 Å². The Balaban J connectivity index is 2.71. The fourth-order valence-electron chi connectivity index (χ4n) is 1.13. The summed E-state index contributed by atoms with van der Waals surface area (Å²) in [5.41, 5.74) is 0.609. The highest BCUT2D eigenvalue weighted by atomic mass is 31.1. The van der Waals surface area contributed by atoms with Gasteiger partial charge in [0, 0.05) is 0 Å². The van der Waals surface area contributed by atoms with Crippen LogP contribution in [0.3, 0.4) is 0 Å². The molecular weight excluding hydrogens is 254 g/mol. The van der Waals surface area contributed by atoms with Crippen LogP contribution in [0.4, 0.5) is 0 Å². The summed E-state index contributed by atoms with van der Waals surface area (Å²) in [6, 6.07) is 8.57. The second kappa shape index (κ2) is 6.97. The van der Waals surface area contributed by atoms with E-state index >= 15 is 0 Å². The van der Waals surface area contributed by atoms with Crippen LogP contribution in [0, 0.1) is 0 Å². The third-order valence-corrected chi connectivity index (χ3v) is 2.67. The van der Waals surface area contributed by atoms with Crippen LogP contribution in [0.1, 0.15) is 11.7 Å². The van der Waals surface area contributed by atoms with Crippen molar-refractivity contribution in [2.75, 3.05) is 6.61 Å². The van der Waals surface area contributed by atoms with E-state index in [1.807, 2.05) is 0 Å². The SMILES string of the molecule is O=[PH](O)OCC(O[PH](=O)O)c1ccccc1. The molecule has 2 N–H and O–H groups in total. The molecule has 0 radical (unpaired) electrons. The quantitative estimate of drug-likeness (QED) is 0.758. The highest BCUT2D eigenvalue weighted by Gasteiger charge is 2.15. The molecule has 0 saturated carbocycles. The van der Waals surface area contributed by atoms with E-state index in [4.69, 9.17) is 14.3 Å². The summed E-state index contributed by atoms with van der Waals surface area (Å²) >= 11 is 0. The van der Waals surface area contributed by atoms with Crippen molar-refractivity contribution >= 4 is 16.5 Å². The first kappa shape index (κ1) is 13.6. The van der Waals surface area contributed by atoms with E-state index in [9.17, 15) is 9.13 Å². The Morgan fingerprint density at radius 3 is 2.25 bits per heavy atom. The molecule has 0 aromatic heterocycles. The molecule has 6 nitrogen and oxygen atoms in total. The molecule has 0 saturated heterocycles. The Kier molecular flexibility index (Phi) is 5.91. The topological polar surface area (TPSA) is 93.1 Å². The first-order chi connectivity index (χ1) is 7.59. The van der Waals surface area contributed by atoms with Crippen LogP contribution < -0.4 is 0 Å². The second-order valence-corrected chi connectivity index (χ2v) is 4.45. The van der Waals surface area contributed by atoms with Crippen LogP contribution in [-0.2, 0) is 18.2 Å². The lowest BCUT2D eigenvalue weighted by molar-refractivity contribution is 0.120. The van der Waals surface area contributed by atoms with Gasteiger partial charge in [0.25, 0.3) is 0 Å². The van der Waals surface area contributed by atoms with Gasteiger partial charge in [-0.1, -0.05) is 30.3 Å². The van der Waals surface area contributed by atoms with Gasteiger partial charge in [0.05, 0.1) is 6.61 Å². The molecule has 8 heteroatoms. The highest BCUT2D eigenvalue weighted by molar-refractivity contribution is 7.32. The number of benzene rings is 1. The Bertz CT molecular complexity index is 368. The summed E-state index contributed by atoms with van der Waals surface area (Å²) < 4.78 is 30.2. The van der Waals surface area contributed by atoms with Crippen LogP contribution in [0.2, 0.25) is 0 Å². The fraction of sp³-hybridized carbons (Fsp3) is 0.250. The number of rotatable bonds is 6. The molecule has 1 aromatic rings. The van der Waals surface area contributed by atoms with Crippen molar-refractivity contribution in [3.05, 3.63) is 35.9 Å². The molecule has 1 rings (SSSR count). The zero-order valence-corrected chi connectivity index (χ0v) is 10.2. The average molecular weight is 266 g/mol. The molecule has 0 heterocycles. The van der Waals surface area contributed by atoms with Crippen LogP contribution in [0.5, 0.6) is 0 Å². The van der Waals surface area contributed by atoms with Crippen molar-refractivity contribution < 1.29 is 28.0 Å². The van der Waals surface area contributed by atoms with Crippen molar-refractivity contribution in [3.8, 4) is 0 Å². The van der Waals surface area contributed by atoms with Crippen molar-refractivity contribution in [1.29, 1.82) is 0 Å². The Hall–Kier alpha value is -0.480. The first-order valence-corrected chi connectivity index (χ1v) is 6.92. The molecule has 3 unspecified atom stereocenters. The van der Waals surface area contributed by atoms with Gasteiger partial charge in [-0.25, -0.2) is 0 Å². The maximum Gasteiger partial charge on any atom is 0.317 e. The first-order valence-electron chi connectivity index (χ1n) is 4.40. The van der Waals surface area contributed by atoms with Crippen LogP contribution >= 0.6 is 16.5 Å². The maximum atomic E-state index is 10.6. The smallest absolute Gasteiger partial charge is 0.317 e. The monoisotopic (exact) mass is 266 g/mol. The second-order valence-electron chi connectivity index (χ2n) is 2.86.